The molecule has 0 spiro atoms. The van der Waals surface area contributed by atoms with Crippen LogP contribution < -0.4 is 15.7 Å². The number of carboxylic acid groups (broad SMARTS) is 1. The molecule has 2 N–H and O–H groups in total. The molecule has 2 aromatic carbocycles. The topological polar surface area (TPSA) is 106 Å². The molecule has 3 aromatic rings. The maximum atomic E-state index is 12.7. The van der Waals surface area contributed by atoms with Crippen molar-refractivity contribution in [2.45, 2.75) is 52.5 Å². The van der Waals surface area contributed by atoms with Crippen LogP contribution in [0.5, 0.6) is 5.75 Å². The fourth-order valence-electron chi connectivity index (χ4n) is 3.78. The molecule has 0 fully saturated rings. The predicted octanol–water partition coefficient (Wildman–Crippen LogP) is 4.14. The Morgan fingerprint density at radius 1 is 1.09 bits per heavy atom. The second-order valence-corrected chi connectivity index (χ2v) is 8.11. The van der Waals surface area contributed by atoms with Crippen molar-refractivity contribution >= 4 is 22.8 Å². The molecule has 0 saturated carbocycles. The molecule has 1 amide bonds. The Morgan fingerprint density at radius 3 is 2.48 bits per heavy atom. The number of ether oxygens (including phenoxy) is 1. The summed E-state index contributed by atoms with van der Waals surface area (Å²) >= 11 is 0. The van der Waals surface area contributed by atoms with Crippen molar-refractivity contribution in [2.75, 3.05) is 6.61 Å². The van der Waals surface area contributed by atoms with E-state index in [1.165, 1.54) is 0 Å². The van der Waals surface area contributed by atoms with Crippen LogP contribution in [0.4, 0.5) is 0 Å². The minimum Gasteiger partial charge on any atom is -0.483 e. The van der Waals surface area contributed by atoms with Gasteiger partial charge in [0.1, 0.15) is 17.4 Å². The van der Waals surface area contributed by atoms with Gasteiger partial charge in [-0.25, -0.2) is 9.59 Å². The van der Waals surface area contributed by atoms with E-state index in [0.717, 1.165) is 22.9 Å². The van der Waals surface area contributed by atoms with Crippen molar-refractivity contribution in [1.82, 2.24) is 5.32 Å². The molecule has 174 valence electrons. The summed E-state index contributed by atoms with van der Waals surface area (Å²) in [6.07, 6.45) is 2.38. The third-order valence-corrected chi connectivity index (χ3v) is 5.72. The molecule has 0 saturated heterocycles. The SMILES string of the molecule is CCCC[C@@H](NC(=O)COc1ccc2c(C)c(Cc3ccccc3)c(=O)oc2c1C)C(=O)O. The number of carbonyl (C=O) groups excluding carboxylic acids is 1. The molecule has 0 aliphatic carbocycles. The van der Waals surface area contributed by atoms with Crippen molar-refractivity contribution in [2.24, 2.45) is 0 Å². The number of benzene rings is 2. The number of aliphatic carboxylic acids is 1. The zero-order valence-corrected chi connectivity index (χ0v) is 19.1. The highest BCUT2D eigenvalue weighted by Crippen LogP contribution is 2.30. The fraction of sp³-hybridized carbons (Fsp3) is 0.346. The zero-order valence-electron chi connectivity index (χ0n) is 19.1. The van der Waals surface area contributed by atoms with Gasteiger partial charge in [-0.05, 0) is 43.5 Å². The van der Waals surface area contributed by atoms with Crippen LogP contribution in [0, 0.1) is 13.8 Å². The van der Waals surface area contributed by atoms with Gasteiger partial charge in [0.25, 0.3) is 5.91 Å². The summed E-state index contributed by atoms with van der Waals surface area (Å²) in [5.41, 5.74) is 3.09. The number of hydrogen-bond acceptors (Lipinski definition) is 5. The van der Waals surface area contributed by atoms with Crippen molar-refractivity contribution in [1.29, 1.82) is 0 Å². The highest BCUT2D eigenvalue weighted by atomic mass is 16.5. The Balaban J connectivity index is 1.78. The van der Waals surface area contributed by atoms with E-state index in [4.69, 9.17) is 9.15 Å². The smallest absolute Gasteiger partial charge is 0.340 e. The van der Waals surface area contributed by atoms with E-state index in [-0.39, 0.29) is 6.61 Å². The molecule has 0 unspecified atom stereocenters. The molecule has 1 aromatic heterocycles. The van der Waals surface area contributed by atoms with Crippen LogP contribution in [0.2, 0.25) is 0 Å². The average Bonchev–Trinajstić information content (AvgIpc) is 2.80. The quantitative estimate of drug-likeness (QED) is 0.449. The van der Waals surface area contributed by atoms with Gasteiger partial charge in [-0.2, -0.15) is 0 Å². The molecule has 1 heterocycles. The van der Waals surface area contributed by atoms with E-state index < -0.39 is 23.5 Å². The second kappa shape index (κ2) is 10.8. The Labute approximate surface area is 192 Å². The third-order valence-electron chi connectivity index (χ3n) is 5.72. The number of carbonyl (C=O) groups is 2. The Morgan fingerprint density at radius 2 is 1.82 bits per heavy atom. The van der Waals surface area contributed by atoms with Crippen LogP contribution in [0.1, 0.15) is 48.4 Å². The van der Waals surface area contributed by atoms with Crippen LogP contribution >= 0.6 is 0 Å². The van der Waals surface area contributed by atoms with Gasteiger partial charge in [0.05, 0.1) is 0 Å². The highest BCUT2D eigenvalue weighted by molar-refractivity contribution is 5.86. The zero-order chi connectivity index (χ0) is 24.0. The van der Waals surface area contributed by atoms with E-state index in [2.05, 4.69) is 5.32 Å². The maximum Gasteiger partial charge on any atom is 0.340 e. The van der Waals surface area contributed by atoms with Gasteiger partial charge < -0.3 is 19.6 Å². The first-order valence-corrected chi connectivity index (χ1v) is 11.1. The van der Waals surface area contributed by atoms with E-state index in [1.54, 1.807) is 13.0 Å². The molecule has 1 atom stereocenters. The summed E-state index contributed by atoms with van der Waals surface area (Å²) in [6.45, 7) is 5.28. The average molecular weight is 452 g/mol. The summed E-state index contributed by atoms with van der Waals surface area (Å²) in [5.74, 6) is -1.19. The van der Waals surface area contributed by atoms with E-state index in [1.807, 2.05) is 50.2 Å². The Bertz CT molecular complexity index is 1200. The van der Waals surface area contributed by atoms with Gasteiger partial charge in [-0.3, -0.25) is 4.79 Å². The molecule has 3 rings (SSSR count). The number of unbranched alkanes of at least 4 members (excludes halogenated alkanes) is 1. The number of aryl methyl sites for hydroxylation is 2. The van der Waals surface area contributed by atoms with Crippen LogP contribution in [0.15, 0.2) is 51.7 Å². The van der Waals surface area contributed by atoms with Gasteiger partial charge in [-0.15, -0.1) is 0 Å². The summed E-state index contributed by atoms with van der Waals surface area (Å²) in [6, 6.07) is 12.3. The maximum absolute atomic E-state index is 12.7. The van der Waals surface area contributed by atoms with Crippen molar-refractivity contribution < 1.29 is 23.8 Å². The fourth-order valence-corrected chi connectivity index (χ4v) is 3.78. The number of amides is 1. The lowest BCUT2D eigenvalue weighted by Gasteiger charge is -2.16. The minimum atomic E-state index is -1.07. The normalized spacial score (nSPS) is 11.8. The van der Waals surface area contributed by atoms with Crippen molar-refractivity contribution in [3.63, 3.8) is 0 Å². The first-order chi connectivity index (χ1) is 15.8. The summed E-state index contributed by atoms with van der Waals surface area (Å²) in [7, 11) is 0. The molecule has 7 heteroatoms. The molecule has 0 aliphatic heterocycles. The number of hydrogen-bond donors (Lipinski definition) is 2. The van der Waals surface area contributed by atoms with E-state index in [0.29, 0.717) is 41.7 Å². The summed E-state index contributed by atoms with van der Waals surface area (Å²) in [4.78, 5) is 36.3. The first-order valence-electron chi connectivity index (χ1n) is 11.1. The number of carboxylic acids is 1. The molecular formula is C26H29NO6. The van der Waals surface area contributed by atoms with E-state index >= 15 is 0 Å². The van der Waals surface area contributed by atoms with Crippen LogP contribution in [0.25, 0.3) is 11.0 Å². The molecule has 33 heavy (non-hydrogen) atoms. The van der Waals surface area contributed by atoms with Gasteiger partial charge in [0, 0.05) is 22.9 Å². The molecule has 0 radical (unpaired) electrons. The monoisotopic (exact) mass is 451 g/mol. The van der Waals surface area contributed by atoms with E-state index in [9.17, 15) is 19.5 Å². The van der Waals surface area contributed by atoms with Gasteiger partial charge in [0.15, 0.2) is 6.61 Å². The standard InChI is InChI=1S/C26H29NO6/c1-4-5-11-21(25(29)30)27-23(28)15-32-22-13-12-19-16(2)20(14-18-9-7-6-8-10-18)26(31)33-24(19)17(22)3/h6-10,12-13,21H,4-5,11,14-15H2,1-3H3,(H,27,28)(H,29,30)/t21-/m1/s1. The summed E-state index contributed by atoms with van der Waals surface area (Å²) < 4.78 is 11.3. The first kappa shape index (κ1) is 24.0. The lowest BCUT2D eigenvalue weighted by molar-refractivity contribution is -0.142. The van der Waals surface area contributed by atoms with Crippen molar-refractivity contribution in [3.8, 4) is 5.75 Å². The Kier molecular flexibility index (Phi) is 7.87. The second-order valence-electron chi connectivity index (χ2n) is 8.11. The number of nitrogens with one attached hydrogen (secondary N) is 1. The van der Waals surface area contributed by atoms with Crippen LogP contribution in [0.3, 0.4) is 0 Å². The van der Waals surface area contributed by atoms with Gasteiger partial charge in [-0.1, -0.05) is 50.1 Å². The molecule has 0 bridgehead atoms. The molecule has 7 nitrogen and oxygen atoms in total. The van der Waals surface area contributed by atoms with Crippen molar-refractivity contribution in [3.05, 3.63) is 75.1 Å². The third kappa shape index (κ3) is 5.80. The van der Waals surface area contributed by atoms with Gasteiger partial charge in [0.2, 0.25) is 0 Å². The lowest BCUT2D eigenvalue weighted by atomic mass is 9.98. The lowest BCUT2D eigenvalue weighted by Crippen LogP contribution is -2.42. The predicted molar refractivity (Wildman–Crippen MR) is 126 cm³/mol. The Hall–Kier alpha value is -3.61. The minimum absolute atomic E-state index is 0.336. The number of fused-ring (bicyclic) bond motifs is 1. The van der Waals surface area contributed by atoms with Crippen LogP contribution in [-0.4, -0.2) is 29.6 Å². The molecular weight excluding hydrogens is 422 g/mol. The van der Waals surface area contributed by atoms with Crippen LogP contribution in [-0.2, 0) is 16.0 Å². The molecule has 0 aliphatic rings. The van der Waals surface area contributed by atoms with Gasteiger partial charge >= 0.3 is 11.6 Å². The largest absolute Gasteiger partial charge is 0.483 e. The summed E-state index contributed by atoms with van der Waals surface area (Å²) in [5, 5.41) is 12.6. The number of rotatable bonds is 10. The highest BCUT2D eigenvalue weighted by Gasteiger charge is 2.20.